The van der Waals surface area contributed by atoms with Crippen LogP contribution in [-0.2, 0) is 6.42 Å². The van der Waals surface area contributed by atoms with Crippen LogP contribution in [-0.4, -0.2) is 14.1 Å². The normalized spacial score (nSPS) is 10.9. The average Bonchev–Trinajstić information content (AvgIpc) is 2.46. The molecule has 0 N–H and O–H groups in total. The van der Waals surface area contributed by atoms with Crippen molar-refractivity contribution in [2.45, 2.75) is 13.3 Å². The van der Waals surface area contributed by atoms with Crippen LogP contribution in [0.1, 0.15) is 12.5 Å². The summed E-state index contributed by atoms with van der Waals surface area (Å²) in [5.41, 5.74) is 4.20. The van der Waals surface area contributed by atoms with Crippen molar-refractivity contribution in [1.29, 1.82) is 0 Å². The first-order valence-corrected chi connectivity index (χ1v) is 6.47. The van der Waals surface area contributed by atoms with Gasteiger partial charge in [-0.15, -0.1) is 0 Å². The molecule has 0 saturated carbocycles. The summed E-state index contributed by atoms with van der Waals surface area (Å²) >= 11 is 0. The van der Waals surface area contributed by atoms with Crippen LogP contribution in [0.15, 0.2) is 58.8 Å². The minimum absolute atomic E-state index is 0.868. The third-order valence-corrected chi connectivity index (χ3v) is 2.97. The lowest BCUT2D eigenvalue weighted by Crippen LogP contribution is -2.07. The van der Waals surface area contributed by atoms with Gasteiger partial charge in [-0.3, -0.25) is 0 Å². The minimum atomic E-state index is 0.868. The fraction of sp³-hybridized carbons (Fsp3) is 0.250. The Morgan fingerprint density at radius 3 is 2.21 bits per heavy atom. The van der Waals surface area contributed by atoms with Crippen LogP contribution in [0.5, 0.6) is 0 Å². The second kappa shape index (κ2) is 6.14. The largest absolute Gasteiger partial charge is 0.378 e. The highest BCUT2D eigenvalue weighted by Crippen LogP contribution is 2.21. The van der Waals surface area contributed by atoms with E-state index in [2.05, 4.69) is 34.2 Å². The van der Waals surface area contributed by atoms with Gasteiger partial charge in [0.1, 0.15) is 0 Å². The van der Waals surface area contributed by atoms with E-state index in [-0.39, 0.29) is 0 Å². The maximum Gasteiger partial charge on any atom is 0.0859 e. The molecule has 0 fully saturated rings. The van der Waals surface area contributed by atoms with E-state index in [1.807, 2.05) is 50.5 Å². The molecule has 0 heterocycles. The Hall–Kier alpha value is -2.16. The van der Waals surface area contributed by atoms with Gasteiger partial charge in [-0.2, -0.15) is 10.2 Å². The number of rotatable bonds is 4. The maximum atomic E-state index is 4.27. The van der Waals surface area contributed by atoms with E-state index in [9.17, 15) is 0 Å². The molecular formula is C16H19N3. The zero-order valence-corrected chi connectivity index (χ0v) is 11.7. The standard InChI is InChI=1S/C16H19N3/c1-4-13-6-5-7-15(12-13)18-17-14-8-10-16(11-9-14)19(2)3/h5-12H,4H2,1-3H3. The van der Waals surface area contributed by atoms with Crippen molar-refractivity contribution in [3.8, 4) is 0 Å². The second-order valence-corrected chi connectivity index (χ2v) is 4.63. The Labute approximate surface area is 114 Å². The molecule has 0 spiro atoms. The number of benzene rings is 2. The molecule has 0 unspecified atom stereocenters. The average molecular weight is 253 g/mol. The van der Waals surface area contributed by atoms with Gasteiger partial charge >= 0.3 is 0 Å². The van der Waals surface area contributed by atoms with Crippen LogP contribution >= 0.6 is 0 Å². The van der Waals surface area contributed by atoms with Crippen LogP contribution in [0, 0.1) is 0 Å². The Bertz CT molecular complexity index is 556. The van der Waals surface area contributed by atoms with Crippen LogP contribution < -0.4 is 4.90 Å². The topological polar surface area (TPSA) is 28.0 Å². The monoisotopic (exact) mass is 253 g/mol. The molecule has 0 bridgehead atoms. The first-order chi connectivity index (χ1) is 9.19. The molecule has 0 radical (unpaired) electrons. The number of aryl methyl sites for hydroxylation is 1. The van der Waals surface area contributed by atoms with Gasteiger partial charge in [0.05, 0.1) is 11.4 Å². The highest BCUT2D eigenvalue weighted by atomic mass is 15.1. The lowest BCUT2D eigenvalue weighted by Gasteiger charge is -2.11. The minimum Gasteiger partial charge on any atom is -0.378 e. The van der Waals surface area contributed by atoms with Crippen molar-refractivity contribution in [1.82, 2.24) is 0 Å². The van der Waals surface area contributed by atoms with Crippen LogP contribution in [0.3, 0.4) is 0 Å². The zero-order chi connectivity index (χ0) is 13.7. The Kier molecular flexibility index (Phi) is 4.29. The lowest BCUT2D eigenvalue weighted by atomic mass is 10.1. The van der Waals surface area contributed by atoms with Crippen molar-refractivity contribution in [2.75, 3.05) is 19.0 Å². The van der Waals surface area contributed by atoms with Gasteiger partial charge in [0, 0.05) is 19.8 Å². The quantitative estimate of drug-likeness (QED) is 0.724. The summed E-state index contributed by atoms with van der Waals surface area (Å²) < 4.78 is 0. The van der Waals surface area contributed by atoms with Crippen molar-refractivity contribution >= 4 is 17.1 Å². The molecule has 2 rings (SSSR count). The van der Waals surface area contributed by atoms with Crippen molar-refractivity contribution in [3.05, 3.63) is 54.1 Å². The smallest absolute Gasteiger partial charge is 0.0859 e. The fourth-order valence-corrected chi connectivity index (χ4v) is 1.77. The molecule has 3 nitrogen and oxygen atoms in total. The molecule has 0 aliphatic heterocycles. The summed E-state index contributed by atoms with van der Waals surface area (Å²) in [5.74, 6) is 0. The molecule has 19 heavy (non-hydrogen) atoms. The highest BCUT2D eigenvalue weighted by Gasteiger charge is 1.96. The van der Waals surface area contributed by atoms with Crippen molar-refractivity contribution in [3.63, 3.8) is 0 Å². The predicted octanol–water partition coefficient (Wildman–Crippen LogP) is 4.73. The first kappa shape index (κ1) is 13.3. The molecule has 2 aromatic rings. The Balaban J connectivity index is 2.13. The zero-order valence-electron chi connectivity index (χ0n) is 11.7. The molecule has 0 amide bonds. The van der Waals surface area contributed by atoms with Gasteiger partial charge in [-0.05, 0) is 48.4 Å². The molecule has 0 atom stereocenters. The van der Waals surface area contributed by atoms with Gasteiger partial charge < -0.3 is 4.90 Å². The lowest BCUT2D eigenvalue weighted by molar-refractivity contribution is 1.12. The summed E-state index contributed by atoms with van der Waals surface area (Å²) in [5, 5.41) is 8.53. The van der Waals surface area contributed by atoms with E-state index >= 15 is 0 Å². The van der Waals surface area contributed by atoms with E-state index in [4.69, 9.17) is 0 Å². The number of azo groups is 1. The van der Waals surface area contributed by atoms with E-state index in [1.54, 1.807) is 0 Å². The highest BCUT2D eigenvalue weighted by molar-refractivity contribution is 5.52. The van der Waals surface area contributed by atoms with E-state index in [1.165, 1.54) is 5.56 Å². The summed E-state index contributed by atoms with van der Waals surface area (Å²) in [6, 6.07) is 16.2. The van der Waals surface area contributed by atoms with Crippen LogP contribution in [0.25, 0.3) is 0 Å². The Morgan fingerprint density at radius 1 is 0.895 bits per heavy atom. The van der Waals surface area contributed by atoms with Gasteiger partial charge in [0.15, 0.2) is 0 Å². The molecule has 0 aromatic heterocycles. The predicted molar refractivity (Wildman–Crippen MR) is 80.8 cm³/mol. The third-order valence-electron chi connectivity index (χ3n) is 2.97. The van der Waals surface area contributed by atoms with Gasteiger partial charge in [0.2, 0.25) is 0 Å². The molecule has 2 aromatic carbocycles. The maximum absolute atomic E-state index is 4.27. The van der Waals surface area contributed by atoms with Gasteiger partial charge in [-0.1, -0.05) is 19.1 Å². The first-order valence-electron chi connectivity index (χ1n) is 6.47. The number of hydrogen-bond acceptors (Lipinski definition) is 3. The number of anilines is 1. The molecular weight excluding hydrogens is 234 g/mol. The molecule has 3 heteroatoms. The molecule has 0 aliphatic carbocycles. The van der Waals surface area contributed by atoms with E-state index < -0.39 is 0 Å². The summed E-state index contributed by atoms with van der Waals surface area (Å²) in [6.45, 7) is 2.14. The van der Waals surface area contributed by atoms with E-state index in [0.29, 0.717) is 0 Å². The third kappa shape index (κ3) is 3.65. The molecule has 0 saturated heterocycles. The van der Waals surface area contributed by atoms with Gasteiger partial charge in [0.25, 0.3) is 0 Å². The molecule has 0 aliphatic rings. The SMILES string of the molecule is CCc1cccc(N=Nc2ccc(N(C)C)cc2)c1. The summed E-state index contributed by atoms with van der Waals surface area (Å²) in [4.78, 5) is 2.06. The van der Waals surface area contributed by atoms with Crippen molar-refractivity contribution < 1.29 is 0 Å². The van der Waals surface area contributed by atoms with Crippen molar-refractivity contribution in [2.24, 2.45) is 10.2 Å². The number of nitrogens with zero attached hydrogens (tertiary/aromatic N) is 3. The fourth-order valence-electron chi connectivity index (χ4n) is 1.77. The summed E-state index contributed by atoms with van der Waals surface area (Å²) in [7, 11) is 4.04. The van der Waals surface area contributed by atoms with Crippen LogP contribution in [0.2, 0.25) is 0 Å². The number of hydrogen-bond donors (Lipinski definition) is 0. The summed E-state index contributed by atoms with van der Waals surface area (Å²) in [6.07, 6.45) is 1.01. The molecule has 98 valence electrons. The van der Waals surface area contributed by atoms with Crippen LogP contribution in [0.4, 0.5) is 17.1 Å². The van der Waals surface area contributed by atoms with E-state index in [0.717, 1.165) is 23.5 Å². The Morgan fingerprint density at radius 2 is 1.58 bits per heavy atom. The van der Waals surface area contributed by atoms with Gasteiger partial charge in [-0.25, -0.2) is 0 Å². The second-order valence-electron chi connectivity index (χ2n) is 4.63.